The van der Waals surface area contributed by atoms with Crippen LogP contribution in [0, 0.1) is 11.8 Å². The summed E-state index contributed by atoms with van der Waals surface area (Å²) in [5.41, 5.74) is 4.52. The lowest BCUT2D eigenvalue weighted by Crippen LogP contribution is -2.01. The van der Waals surface area contributed by atoms with Crippen molar-refractivity contribution in [2.45, 2.75) is 26.3 Å². The Hall–Kier alpha value is -2.79. The molecule has 0 saturated heterocycles. The number of rotatable bonds is 4. The predicted molar refractivity (Wildman–Crippen MR) is 96.2 cm³/mol. The molecule has 23 heavy (non-hydrogen) atoms. The number of aryl methyl sites for hydroxylation is 1. The van der Waals surface area contributed by atoms with Gasteiger partial charge in [0.05, 0.1) is 11.0 Å². The average molecular weight is 300 g/mol. The minimum Gasteiger partial charge on any atom is -0.313 e. The Morgan fingerprint density at radius 2 is 1.83 bits per heavy atom. The van der Waals surface area contributed by atoms with E-state index in [1.165, 1.54) is 5.56 Å². The molecule has 0 spiro atoms. The van der Waals surface area contributed by atoms with Crippen LogP contribution in [0.1, 0.15) is 24.7 Å². The van der Waals surface area contributed by atoms with Crippen molar-refractivity contribution in [2.75, 3.05) is 0 Å². The number of fused-ring (bicyclic) bond motifs is 1. The third-order valence-electron chi connectivity index (χ3n) is 3.66. The Balaban J connectivity index is 1.82. The highest BCUT2D eigenvalue weighted by Crippen LogP contribution is 2.16. The molecule has 1 aromatic heterocycles. The van der Waals surface area contributed by atoms with Crippen LogP contribution in [0.4, 0.5) is 0 Å². The molecular weight excluding hydrogens is 280 g/mol. The summed E-state index contributed by atoms with van der Waals surface area (Å²) in [4.78, 5) is 4.66. The largest absolute Gasteiger partial charge is 0.313 e. The molecular formula is C21H20N2. The van der Waals surface area contributed by atoms with Gasteiger partial charge in [-0.3, -0.25) is 0 Å². The monoisotopic (exact) mass is 300 g/mol. The van der Waals surface area contributed by atoms with Crippen LogP contribution in [-0.4, -0.2) is 9.55 Å². The maximum absolute atomic E-state index is 4.66. The smallest absolute Gasteiger partial charge is 0.186 e. The van der Waals surface area contributed by atoms with Gasteiger partial charge in [-0.25, -0.2) is 4.98 Å². The number of hydrogen-bond acceptors (Lipinski definition) is 1. The summed E-state index contributed by atoms with van der Waals surface area (Å²) in [6, 6.07) is 18.6. The second-order valence-electron chi connectivity index (χ2n) is 5.75. The molecule has 3 rings (SSSR count). The summed E-state index contributed by atoms with van der Waals surface area (Å²) in [6.07, 6.45) is 1.80. The lowest BCUT2D eigenvalue weighted by molar-refractivity contribution is 0.797. The molecule has 0 fully saturated rings. The zero-order valence-corrected chi connectivity index (χ0v) is 13.4. The third-order valence-corrected chi connectivity index (χ3v) is 3.66. The van der Waals surface area contributed by atoms with Crippen molar-refractivity contribution >= 4 is 11.0 Å². The van der Waals surface area contributed by atoms with Gasteiger partial charge in [-0.1, -0.05) is 60.5 Å². The third kappa shape index (κ3) is 3.70. The van der Waals surface area contributed by atoms with Gasteiger partial charge in [0, 0.05) is 13.0 Å². The molecule has 0 aliphatic rings. The van der Waals surface area contributed by atoms with Crippen LogP contribution in [0.2, 0.25) is 0 Å². The van der Waals surface area contributed by atoms with E-state index in [0.717, 1.165) is 41.8 Å². The molecule has 2 aromatic carbocycles. The number of allylic oxidation sites excluding steroid dienone is 1. The lowest BCUT2D eigenvalue weighted by atomic mass is 10.1. The number of hydrogen-bond donors (Lipinski definition) is 0. The van der Waals surface area contributed by atoms with E-state index in [1.807, 2.05) is 31.2 Å². The van der Waals surface area contributed by atoms with E-state index in [4.69, 9.17) is 0 Å². The van der Waals surface area contributed by atoms with Crippen molar-refractivity contribution in [3.63, 3.8) is 0 Å². The van der Waals surface area contributed by atoms with Crippen LogP contribution in [-0.2, 0) is 13.0 Å². The molecule has 3 aromatic rings. The SMILES string of the molecule is C=C(C)Cn1c(C#CCCc2ccccc2)nc2ccccc21. The fraction of sp³-hybridized carbons (Fsp3) is 0.190. The molecule has 0 aliphatic carbocycles. The average Bonchev–Trinajstić information content (AvgIpc) is 2.90. The first-order valence-corrected chi connectivity index (χ1v) is 7.86. The normalized spacial score (nSPS) is 10.3. The van der Waals surface area contributed by atoms with Gasteiger partial charge in [0.1, 0.15) is 0 Å². The summed E-state index contributed by atoms with van der Waals surface area (Å²) in [7, 11) is 0. The van der Waals surface area contributed by atoms with Gasteiger partial charge in [-0.15, -0.1) is 0 Å². The van der Waals surface area contributed by atoms with E-state index in [9.17, 15) is 0 Å². The number of benzene rings is 2. The molecule has 2 heteroatoms. The van der Waals surface area contributed by atoms with Crippen molar-refractivity contribution in [3.05, 3.63) is 78.1 Å². The first-order valence-electron chi connectivity index (χ1n) is 7.86. The topological polar surface area (TPSA) is 17.8 Å². The summed E-state index contributed by atoms with van der Waals surface area (Å²) in [6.45, 7) is 6.80. The lowest BCUT2D eigenvalue weighted by Gasteiger charge is -2.05. The number of para-hydroxylation sites is 2. The van der Waals surface area contributed by atoms with Gasteiger partial charge in [-0.2, -0.15) is 0 Å². The Labute approximate surface area is 137 Å². The number of aromatic nitrogens is 2. The van der Waals surface area contributed by atoms with Crippen molar-refractivity contribution < 1.29 is 0 Å². The molecule has 1 heterocycles. The zero-order chi connectivity index (χ0) is 16.1. The molecule has 114 valence electrons. The van der Waals surface area contributed by atoms with Crippen molar-refractivity contribution in [1.82, 2.24) is 9.55 Å². The van der Waals surface area contributed by atoms with Crippen LogP contribution in [0.3, 0.4) is 0 Å². The first kappa shape index (κ1) is 15.1. The highest BCUT2D eigenvalue weighted by atomic mass is 15.1. The first-order chi connectivity index (χ1) is 11.2. The van der Waals surface area contributed by atoms with Crippen molar-refractivity contribution in [2.24, 2.45) is 0 Å². The van der Waals surface area contributed by atoms with Crippen LogP contribution < -0.4 is 0 Å². The van der Waals surface area contributed by atoms with Crippen molar-refractivity contribution in [1.29, 1.82) is 0 Å². The van der Waals surface area contributed by atoms with Gasteiger partial charge in [0.15, 0.2) is 5.82 Å². The predicted octanol–water partition coefficient (Wildman–Crippen LogP) is 4.60. The molecule has 0 bridgehead atoms. The minimum atomic E-state index is 0.753. The molecule has 0 saturated carbocycles. The fourth-order valence-corrected chi connectivity index (χ4v) is 2.59. The maximum atomic E-state index is 4.66. The van der Waals surface area contributed by atoms with Crippen LogP contribution in [0.15, 0.2) is 66.7 Å². The standard InChI is InChI=1S/C21H20N2/c1-17(2)16-23-20-14-8-7-13-19(20)22-21(23)15-9-6-12-18-10-4-3-5-11-18/h3-5,7-8,10-11,13-14H,1,6,12,16H2,2H3. The van der Waals surface area contributed by atoms with E-state index >= 15 is 0 Å². The Kier molecular flexibility index (Phi) is 4.59. The van der Waals surface area contributed by atoms with E-state index in [0.29, 0.717) is 0 Å². The summed E-state index contributed by atoms with van der Waals surface area (Å²) in [5.74, 6) is 7.32. The molecule has 2 nitrogen and oxygen atoms in total. The van der Waals surface area contributed by atoms with Gasteiger partial charge >= 0.3 is 0 Å². The Morgan fingerprint density at radius 1 is 1.09 bits per heavy atom. The Morgan fingerprint density at radius 3 is 2.61 bits per heavy atom. The van der Waals surface area contributed by atoms with Crippen LogP contribution >= 0.6 is 0 Å². The molecule has 0 unspecified atom stereocenters. The van der Waals surface area contributed by atoms with Crippen molar-refractivity contribution in [3.8, 4) is 11.8 Å². The van der Waals surface area contributed by atoms with Gasteiger partial charge in [0.2, 0.25) is 0 Å². The zero-order valence-electron chi connectivity index (χ0n) is 13.4. The Bertz CT molecular complexity index is 876. The minimum absolute atomic E-state index is 0.753. The van der Waals surface area contributed by atoms with Gasteiger partial charge < -0.3 is 4.57 Å². The number of imidazole rings is 1. The molecule has 0 N–H and O–H groups in total. The molecule has 0 aliphatic heterocycles. The van der Waals surface area contributed by atoms with E-state index in [2.05, 4.69) is 58.3 Å². The highest BCUT2D eigenvalue weighted by Gasteiger charge is 2.08. The summed E-state index contributed by atoms with van der Waals surface area (Å²) < 4.78 is 2.15. The maximum Gasteiger partial charge on any atom is 0.186 e. The van der Waals surface area contributed by atoms with Gasteiger partial charge in [-0.05, 0) is 37.0 Å². The molecule has 0 radical (unpaired) electrons. The highest BCUT2D eigenvalue weighted by molar-refractivity contribution is 5.76. The summed E-state index contributed by atoms with van der Waals surface area (Å²) >= 11 is 0. The van der Waals surface area contributed by atoms with E-state index in [-0.39, 0.29) is 0 Å². The molecule has 0 atom stereocenters. The van der Waals surface area contributed by atoms with Gasteiger partial charge in [0.25, 0.3) is 0 Å². The second kappa shape index (κ2) is 6.98. The number of nitrogens with zero attached hydrogens (tertiary/aromatic N) is 2. The van der Waals surface area contributed by atoms with Crippen LogP contribution in [0.5, 0.6) is 0 Å². The van der Waals surface area contributed by atoms with Crippen LogP contribution in [0.25, 0.3) is 11.0 Å². The molecule has 0 amide bonds. The van der Waals surface area contributed by atoms with E-state index < -0.39 is 0 Å². The second-order valence-corrected chi connectivity index (χ2v) is 5.75. The summed E-state index contributed by atoms with van der Waals surface area (Å²) in [5, 5.41) is 0. The van der Waals surface area contributed by atoms with E-state index in [1.54, 1.807) is 0 Å². The quantitative estimate of drug-likeness (QED) is 0.509. The fourth-order valence-electron chi connectivity index (χ4n) is 2.59.